The van der Waals surface area contributed by atoms with Gasteiger partial charge in [0.15, 0.2) is 0 Å². The molecule has 0 atom stereocenters. The van der Waals surface area contributed by atoms with Crippen molar-refractivity contribution in [2.24, 2.45) is 0 Å². The van der Waals surface area contributed by atoms with Crippen LogP contribution in [0.3, 0.4) is 0 Å². The summed E-state index contributed by atoms with van der Waals surface area (Å²) >= 11 is 0. The standard InChI is InChI=1S/C44H30N2/c1-27-23-24-41-36(25-27)37-26-42(45-38-20-10-8-17-33(38)34-18-9-11-21-39(34)45)28(2)43-35-19-6-5-15-31(35)29-13-3-4-14-30(29)32-16-7-12-22-40(32)46(41)44(37)43/h3-26H,1-2H3. The summed E-state index contributed by atoms with van der Waals surface area (Å²) in [5.74, 6) is 0. The Labute approximate surface area is 266 Å². The molecular formula is C44H30N2. The summed E-state index contributed by atoms with van der Waals surface area (Å²) in [7, 11) is 0. The fraction of sp³-hybridized carbons (Fsp3) is 0.0455. The summed E-state index contributed by atoms with van der Waals surface area (Å²) in [4.78, 5) is 0. The van der Waals surface area contributed by atoms with E-state index in [1.807, 2.05) is 0 Å². The van der Waals surface area contributed by atoms with E-state index in [1.165, 1.54) is 98.3 Å². The van der Waals surface area contributed by atoms with E-state index in [0.717, 1.165) is 0 Å². The van der Waals surface area contributed by atoms with Crippen molar-refractivity contribution in [1.82, 2.24) is 8.97 Å². The molecular weight excluding hydrogens is 556 g/mol. The Morgan fingerprint density at radius 3 is 1.46 bits per heavy atom. The van der Waals surface area contributed by atoms with Crippen molar-refractivity contribution in [3.63, 3.8) is 0 Å². The summed E-state index contributed by atoms with van der Waals surface area (Å²) < 4.78 is 5.03. The SMILES string of the molecule is Cc1ccc2c(c1)c1cc(-n3c4ccccc4c4ccccc43)c(C)c3c4ccccc4c4ccccc4c4ccccc4n2c13. The quantitative estimate of drug-likeness (QED) is 0.181. The third-order valence-electron chi connectivity index (χ3n) is 10.1. The molecule has 0 aliphatic heterocycles. The second-order valence-corrected chi connectivity index (χ2v) is 12.6. The zero-order valence-electron chi connectivity index (χ0n) is 25.8. The van der Waals surface area contributed by atoms with Crippen LogP contribution in [0.5, 0.6) is 0 Å². The molecule has 0 bridgehead atoms. The molecule has 3 heterocycles. The lowest BCUT2D eigenvalue weighted by molar-refractivity contribution is 1.16. The molecule has 0 unspecified atom stereocenters. The van der Waals surface area contributed by atoms with Crippen LogP contribution in [0.15, 0.2) is 146 Å². The molecule has 0 N–H and O–H groups in total. The highest BCUT2D eigenvalue weighted by molar-refractivity contribution is 6.26. The Bertz CT molecular complexity index is 2880. The van der Waals surface area contributed by atoms with E-state index in [4.69, 9.17) is 0 Å². The smallest absolute Gasteiger partial charge is 0.0624 e. The molecule has 2 nitrogen and oxygen atoms in total. The average Bonchev–Trinajstić information content (AvgIpc) is 3.61. The number of nitrogens with zero attached hydrogens (tertiary/aromatic N) is 2. The lowest BCUT2D eigenvalue weighted by Gasteiger charge is -2.15. The first-order valence-corrected chi connectivity index (χ1v) is 16.0. The number of rotatable bonds is 1. The van der Waals surface area contributed by atoms with Crippen LogP contribution in [0, 0.1) is 13.8 Å². The van der Waals surface area contributed by atoms with Crippen LogP contribution < -0.4 is 0 Å². The Kier molecular flexibility index (Phi) is 5.16. The van der Waals surface area contributed by atoms with E-state index in [2.05, 4.69) is 168 Å². The van der Waals surface area contributed by atoms with Crippen molar-refractivity contribution < 1.29 is 0 Å². The number of fused-ring (bicyclic) bond motifs is 13. The van der Waals surface area contributed by atoms with Crippen molar-refractivity contribution in [1.29, 1.82) is 0 Å². The number of hydrogen-bond acceptors (Lipinski definition) is 0. The van der Waals surface area contributed by atoms with E-state index in [9.17, 15) is 0 Å². The molecule has 0 saturated carbocycles. The van der Waals surface area contributed by atoms with Crippen LogP contribution in [0.25, 0.3) is 87.1 Å². The second kappa shape index (κ2) is 9.32. The third-order valence-corrected chi connectivity index (χ3v) is 10.1. The zero-order valence-corrected chi connectivity index (χ0v) is 25.8. The molecule has 0 amide bonds. The maximum atomic E-state index is 2.54. The molecule has 216 valence electrons. The lowest BCUT2D eigenvalue weighted by atomic mass is 9.97. The summed E-state index contributed by atoms with van der Waals surface area (Å²) in [5.41, 5.74) is 9.89. The first kappa shape index (κ1) is 25.5. The summed E-state index contributed by atoms with van der Waals surface area (Å²) in [5, 5.41) is 12.6. The molecule has 0 fully saturated rings. The van der Waals surface area contributed by atoms with E-state index >= 15 is 0 Å². The van der Waals surface area contributed by atoms with Gasteiger partial charge >= 0.3 is 0 Å². The van der Waals surface area contributed by atoms with Gasteiger partial charge in [-0.05, 0) is 77.4 Å². The fourth-order valence-corrected chi connectivity index (χ4v) is 8.15. The highest BCUT2D eigenvalue weighted by Gasteiger charge is 2.21. The number of aromatic nitrogens is 2. The number of hydrogen-bond donors (Lipinski definition) is 0. The predicted molar refractivity (Wildman–Crippen MR) is 198 cm³/mol. The minimum absolute atomic E-state index is 1.21. The van der Waals surface area contributed by atoms with Crippen molar-refractivity contribution >= 4 is 81.4 Å². The lowest BCUT2D eigenvalue weighted by Crippen LogP contribution is -1.99. The van der Waals surface area contributed by atoms with Gasteiger partial charge in [-0.1, -0.05) is 115 Å². The van der Waals surface area contributed by atoms with Crippen LogP contribution in [0.4, 0.5) is 0 Å². The number of aryl methyl sites for hydroxylation is 2. The maximum Gasteiger partial charge on any atom is 0.0624 e. The van der Waals surface area contributed by atoms with Gasteiger partial charge in [0.25, 0.3) is 0 Å². The monoisotopic (exact) mass is 586 g/mol. The Balaban J connectivity index is 1.60. The molecule has 10 rings (SSSR count). The highest BCUT2D eigenvalue weighted by atomic mass is 15.0. The summed E-state index contributed by atoms with van der Waals surface area (Å²) in [6, 6.07) is 53.9. The van der Waals surface area contributed by atoms with E-state index in [1.54, 1.807) is 0 Å². The van der Waals surface area contributed by atoms with Gasteiger partial charge in [-0.3, -0.25) is 0 Å². The van der Waals surface area contributed by atoms with Crippen molar-refractivity contribution in [3.05, 3.63) is 157 Å². The van der Waals surface area contributed by atoms with Gasteiger partial charge in [-0.2, -0.15) is 0 Å². The molecule has 0 aliphatic rings. The molecule has 7 aromatic carbocycles. The van der Waals surface area contributed by atoms with Gasteiger partial charge in [0, 0.05) is 32.3 Å². The van der Waals surface area contributed by atoms with Crippen LogP contribution in [-0.2, 0) is 0 Å². The van der Waals surface area contributed by atoms with E-state index < -0.39 is 0 Å². The Morgan fingerprint density at radius 1 is 0.370 bits per heavy atom. The summed E-state index contributed by atoms with van der Waals surface area (Å²) in [6.07, 6.45) is 0. The number of para-hydroxylation sites is 3. The molecule has 0 saturated heterocycles. The largest absolute Gasteiger partial charge is 0.309 e. The first-order chi connectivity index (χ1) is 22.7. The number of benzene rings is 7. The fourth-order valence-electron chi connectivity index (χ4n) is 8.15. The summed E-state index contributed by atoms with van der Waals surface area (Å²) in [6.45, 7) is 4.53. The average molecular weight is 587 g/mol. The molecule has 2 heteroatoms. The van der Waals surface area contributed by atoms with Crippen LogP contribution in [-0.4, -0.2) is 8.97 Å². The molecule has 46 heavy (non-hydrogen) atoms. The normalized spacial score (nSPS) is 12.1. The molecule has 0 radical (unpaired) electrons. The highest BCUT2D eigenvalue weighted by Crippen LogP contribution is 2.43. The minimum atomic E-state index is 1.21. The maximum absolute atomic E-state index is 2.54. The van der Waals surface area contributed by atoms with Gasteiger partial charge < -0.3 is 8.97 Å². The van der Waals surface area contributed by atoms with E-state index in [0.29, 0.717) is 0 Å². The Hall–Kier alpha value is -5.86. The van der Waals surface area contributed by atoms with Gasteiger partial charge in [0.1, 0.15) is 0 Å². The first-order valence-electron chi connectivity index (χ1n) is 16.0. The van der Waals surface area contributed by atoms with Gasteiger partial charge in [-0.25, -0.2) is 0 Å². The minimum Gasteiger partial charge on any atom is -0.309 e. The molecule has 0 aliphatic carbocycles. The zero-order chi connectivity index (χ0) is 30.5. The van der Waals surface area contributed by atoms with Crippen LogP contribution in [0.1, 0.15) is 11.1 Å². The van der Waals surface area contributed by atoms with Crippen molar-refractivity contribution in [3.8, 4) is 5.69 Å². The van der Waals surface area contributed by atoms with Gasteiger partial charge in [-0.15, -0.1) is 0 Å². The van der Waals surface area contributed by atoms with E-state index in [-0.39, 0.29) is 0 Å². The Morgan fingerprint density at radius 2 is 0.826 bits per heavy atom. The van der Waals surface area contributed by atoms with Crippen LogP contribution in [0.2, 0.25) is 0 Å². The van der Waals surface area contributed by atoms with Crippen molar-refractivity contribution in [2.45, 2.75) is 13.8 Å². The van der Waals surface area contributed by atoms with Gasteiger partial charge in [0.05, 0.1) is 33.3 Å². The third kappa shape index (κ3) is 3.31. The molecule has 3 aromatic heterocycles. The molecule has 10 aromatic rings. The van der Waals surface area contributed by atoms with Gasteiger partial charge in [0.2, 0.25) is 0 Å². The van der Waals surface area contributed by atoms with Crippen molar-refractivity contribution in [2.75, 3.05) is 0 Å². The second-order valence-electron chi connectivity index (χ2n) is 12.6. The predicted octanol–water partition coefficient (Wildman–Crippen LogP) is 12.0. The molecule has 0 spiro atoms. The van der Waals surface area contributed by atoms with Crippen LogP contribution >= 0.6 is 0 Å². The topological polar surface area (TPSA) is 9.34 Å².